The van der Waals surface area contributed by atoms with Crippen molar-refractivity contribution >= 4 is 22.0 Å². The van der Waals surface area contributed by atoms with Crippen LogP contribution in [-0.2, 0) is 0 Å². The fraction of sp³-hybridized carbons (Fsp3) is 0.222. The van der Waals surface area contributed by atoms with E-state index in [0.29, 0.717) is 5.92 Å². The minimum Gasteiger partial charge on any atom is -0.0766 e. The third-order valence-electron chi connectivity index (χ3n) is 4.13. The van der Waals surface area contributed by atoms with Crippen molar-refractivity contribution in [3.8, 4) is 11.1 Å². The smallest absolute Gasteiger partial charge is 0.0297 e. The molecular weight excluding hydrogens is 296 g/mol. The molecule has 0 bridgehead atoms. The zero-order valence-electron chi connectivity index (χ0n) is 11.5. The lowest BCUT2D eigenvalue weighted by molar-refractivity contribution is 0.982. The summed E-state index contributed by atoms with van der Waals surface area (Å²) in [7, 11) is 0. The van der Waals surface area contributed by atoms with E-state index in [1.54, 1.807) is 0 Å². The highest BCUT2D eigenvalue weighted by Crippen LogP contribution is 2.42. The molecule has 0 spiro atoms. The van der Waals surface area contributed by atoms with Crippen molar-refractivity contribution in [3.63, 3.8) is 0 Å². The summed E-state index contributed by atoms with van der Waals surface area (Å²) in [5.74, 6) is 0.495. The molecule has 1 aliphatic carbocycles. The van der Waals surface area contributed by atoms with E-state index in [1.165, 1.54) is 37.9 Å². The Hall–Kier alpha value is -1.34. The normalized spacial score (nSPS) is 16.7. The van der Waals surface area contributed by atoms with Gasteiger partial charge in [-0.25, -0.2) is 0 Å². The standard InChI is InChI=1S/C18H17Br/c1-11-5-4-6-15(13(11)3)16-10-9-14-8-7-12(2)17(14)18(16)19/h4-10,12H,1-3H3. The number of rotatable bonds is 1. The van der Waals surface area contributed by atoms with Crippen molar-refractivity contribution in [2.45, 2.75) is 26.7 Å². The van der Waals surface area contributed by atoms with Gasteiger partial charge in [0.2, 0.25) is 0 Å². The maximum atomic E-state index is 3.83. The van der Waals surface area contributed by atoms with Gasteiger partial charge in [0, 0.05) is 10.4 Å². The van der Waals surface area contributed by atoms with Crippen LogP contribution in [0.15, 0.2) is 40.9 Å². The summed E-state index contributed by atoms with van der Waals surface area (Å²) in [6, 6.07) is 11.0. The van der Waals surface area contributed by atoms with Gasteiger partial charge < -0.3 is 0 Å². The Kier molecular flexibility index (Phi) is 3.10. The first-order valence-electron chi connectivity index (χ1n) is 6.67. The Morgan fingerprint density at radius 2 is 1.79 bits per heavy atom. The molecule has 0 saturated heterocycles. The average molecular weight is 313 g/mol. The zero-order valence-corrected chi connectivity index (χ0v) is 13.1. The lowest BCUT2D eigenvalue weighted by Crippen LogP contribution is -1.94. The first-order chi connectivity index (χ1) is 9.09. The van der Waals surface area contributed by atoms with Crippen LogP contribution in [0.3, 0.4) is 0 Å². The highest BCUT2D eigenvalue weighted by Gasteiger charge is 2.19. The molecule has 19 heavy (non-hydrogen) atoms. The van der Waals surface area contributed by atoms with Crippen LogP contribution in [0.5, 0.6) is 0 Å². The fourth-order valence-electron chi connectivity index (χ4n) is 2.81. The van der Waals surface area contributed by atoms with Gasteiger partial charge in [-0.15, -0.1) is 0 Å². The van der Waals surface area contributed by atoms with Crippen LogP contribution in [0.1, 0.15) is 35.1 Å². The first kappa shape index (κ1) is 12.7. The molecule has 3 rings (SSSR count). The van der Waals surface area contributed by atoms with E-state index in [9.17, 15) is 0 Å². The number of allylic oxidation sites excluding steroid dienone is 1. The molecule has 96 valence electrons. The topological polar surface area (TPSA) is 0 Å². The predicted molar refractivity (Wildman–Crippen MR) is 86.5 cm³/mol. The molecule has 0 saturated carbocycles. The van der Waals surface area contributed by atoms with Crippen molar-refractivity contribution < 1.29 is 0 Å². The molecule has 0 N–H and O–H groups in total. The second kappa shape index (κ2) is 4.64. The van der Waals surface area contributed by atoms with Crippen LogP contribution in [0.2, 0.25) is 0 Å². The molecule has 1 unspecified atom stereocenters. The molecule has 0 amide bonds. The van der Waals surface area contributed by atoms with Crippen LogP contribution < -0.4 is 0 Å². The van der Waals surface area contributed by atoms with Crippen LogP contribution in [0, 0.1) is 13.8 Å². The molecule has 0 heterocycles. The van der Waals surface area contributed by atoms with Gasteiger partial charge in [-0.1, -0.05) is 49.4 Å². The van der Waals surface area contributed by atoms with Crippen molar-refractivity contribution in [1.29, 1.82) is 0 Å². The van der Waals surface area contributed by atoms with Gasteiger partial charge in [-0.2, -0.15) is 0 Å². The third-order valence-corrected chi connectivity index (χ3v) is 4.98. The summed E-state index contributed by atoms with van der Waals surface area (Å²) in [5.41, 5.74) is 8.09. The van der Waals surface area contributed by atoms with E-state index in [1.807, 2.05) is 0 Å². The van der Waals surface area contributed by atoms with E-state index >= 15 is 0 Å². The SMILES string of the molecule is Cc1cccc(-c2ccc3c(c2Br)C(C)C=C3)c1C. The number of hydrogen-bond donors (Lipinski definition) is 0. The summed E-state index contributed by atoms with van der Waals surface area (Å²) in [5, 5.41) is 0. The Balaban J connectivity index is 2.23. The molecule has 1 aliphatic rings. The van der Waals surface area contributed by atoms with E-state index in [-0.39, 0.29) is 0 Å². The van der Waals surface area contributed by atoms with E-state index in [4.69, 9.17) is 0 Å². The van der Waals surface area contributed by atoms with Crippen molar-refractivity contribution in [3.05, 3.63) is 63.1 Å². The monoisotopic (exact) mass is 312 g/mol. The van der Waals surface area contributed by atoms with Crippen LogP contribution in [-0.4, -0.2) is 0 Å². The second-order valence-electron chi connectivity index (χ2n) is 5.33. The Morgan fingerprint density at radius 3 is 2.58 bits per heavy atom. The van der Waals surface area contributed by atoms with Gasteiger partial charge >= 0.3 is 0 Å². The lowest BCUT2D eigenvalue weighted by atomic mass is 9.93. The van der Waals surface area contributed by atoms with Crippen molar-refractivity contribution in [2.75, 3.05) is 0 Å². The summed E-state index contributed by atoms with van der Waals surface area (Å²) in [6.45, 7) is 6.62. The summed E-state index contributed by atoms with van der Waals surface area (Å²) < 4.78 is 1.25. The maximum Gasteiger partial charge on any atom is 0.0297 e. The molecule has 1 atom stereocenters. The number of halogens is 1. The molecular formula is C18H17Br. The van der Waals surface area contributed by atoms with E-state index in [0.717, 1.165) is 0 Å². The number of fused-ring (bicyclic) bond motifs is 1. The Bertz CT molecular complexity index is 680. The fourth-order valence-corrected chi connectivity index (χ4v) is 3.75. The molecule has 0 aromatic heterocycles. The second-order valence-corrected chi connectivity index (χ2v) is 6.12. The number of benzene rings is 2. The van der Waals surface area contributed by atoms with Gasteiger partial charge in [-0.05, 0) is 63.2 Å². The van der Waals surface area contributed by atoms with E-state index in [2.05, 4.69) is 79.2 Å². The van der Waals surface area contributed by atoms with Gasteiger partial charge in [0.05, 0.1) is 0 Å². The molecule has 1 heteroatoms. The minimum absolute atomic E-state index is 0.495. The van der Waals surface area contributed by atoms with Crippen molar-refractivity contribution in [2.24, 2.45) is 0 Å². The number of hydrogen-bond acceptors (Lipinski definition) is 0. The lowest BCUT2D eigenvalue weighted by Gasteiger charge is -2.15. The maximum absolute atomic E-state index is 3.83. The largest absolute Gasteiger partial charge is 0.0766 e. The quantitative estimate of drug-likeness (QED) is 0.618. The van der Waals surface area contributed by atoms with Gasteiger partial charge in [0.25, 0.3) is 0 Å². The average Bonchev–Trinajstić information content (AvgIpc) is 2.76. The molecule has 0 fully saturated rings. The summed E-state index contributed by atoms with van der Waals surface area (Å²) in [6.07, 6.45) is 4.49. The first-order valence-corrected chi connectivity index (χ1v) is 7.46. The van der Waals surface area contributed by atoms with E-state index < -0.39 is 0 Å². The number of aryl methyl sites for hydroxylation is 1. The minimum atomic E-state index is 0.495. The summed E-state index contributed by atoms with van der Waals surface area (Å²) >= 11 is 3.83. The Labute approximate surface area is 123 Å². The summed E-state index contributed by atoms with van der Waals surface area (Å²) in [4.78, 5) is 0. The third kappa shape index (κ3) is 1.97. The molecule has 2 aromatic rings. The predicted octanol–water partition coefficient (Wildman–Crippen LogP) is 5.86. The molecule has 2 aromatic carbocycles. The van der Waals surface area contributed by atoms with Gasteiger partial charge in [0.15, 0.2) is 0 Å². The highest BCUT2D eigenvalue weighted by molar-refractivity contribution is 9.10. The molecule has 0 aliphatic heterocycles. The van der Waals surface area contributed by atoms with Gasteiger partial charge in [-0.3, -0.25) is 0 Å². The van der Waals surface area contributed by atoms with Crippen LogP contribution in [0.4, 0.5) is 0 Å². The van der Waals surface area contributed by atoms with Gasteiger partial charge in [0.1, 0.15) is 0 Å². The highest BCUT2D eigenvalue weighted by atomic mass is 79.9. The van der Waals surface area contributed by atoms with Crippen LogP contribution in [0.25, 0.3) is 17.2 Å². The zero-order chi connectivity index (χ0) is 13.6. The van der Waals surface area contributed by atoms with Crippen LogP contribution >= 0.6 is 15.9 Å². The molecule has 0 nitrogen and oxygen atoms in total. The Morgan fingerprint density at radius 1 is 1.00 bits per heavy atom. The molecule has 0 radical (unpaired) electrons. The van der Waals surface area contributed by atoms with Crippen molar-refractivity contribution in [1.82, 2.24) is 0 Å².